The zero-order valence-corrected chi connectivity index (χ0v) is 27.1. The van der Waals surface area contributed by atoms with Gasteiger partial charge in [0.2, 0.25) is 5.91 Å². The Balaban J connectivity index is 1.71. The zero-order valence-electron chi connectivity index (χ0n) is 25.2. The Labute approximate surface area is 249 Å². The summed E-state index contributed by atoms with van der Waals surface area (Å²) >= 11 is 0. The minimum Gasteiger partial charge on any atom is -0.457 e. The van der Waals surface area contributed by atoms with Crippen LogP contribution in [0.4, 0.5) is 0 Å². The maximum Gasteiger partial charge on any atom is 0.646 e. The lowest BCUT2D eigenvalue weighted by molar-refractivity contribution is -0.163. The van der Waals surface area contributed by atoms with E-state index in [0.717, 1.165) is 0 Å². The van der Waals surface area contributed by atoms with Crippen LogP contribution in [0.3, 0.4) is 0 Å². The molecule has 0 unspecified atom stereocenters. The summed E-state index contributed by atoms with van der Waals surface area (Å²) in [4.78, 5) is 28.4. The number of ether oxygens (including phenoxy) is 1. The van der Waals surface area contributed by atoms with E-state index in [9.17, 15) is 14.2 Å². The van der Waals surface area contributed by atoms with Crippen LogP contribution >= 0.6 is 7.82 Å². The van der Waals surface area contributed by atoms with Crippen LogP contribution in [0.5, 0.6) is 11.5 Å². The first kappa shape index (κ1) is 31.6. The molecule has 1 saturated heterocycles. The summed E-state index contributed by atoms with van der Waals surface area (Å²) in [7, 11) is -6.65. The Morgan fingerprint density at radius 1 is 1.02 bits per heavy atom. The van der Waals surface area contributed by atoms with Crippen LogP contribution in [0.25, 0.3) is 0 Å². The lowest BCUT2D eigenvalue weighted by Crippen LogP contribution is -2.65. The molecule has 0 aromatic heterocycles. The third kappa shape index (κ3) is 6.36. The molecule has 0 bridgehead atoms. The van der Waals surface area contributed by atoms with Gasteiger partial charge in [0.05, 0.1) is 18.1 Å². The first-order valence-corrected chi connectivity index (χ1v) is 18.4. The van der Waals surface area contributed by atoms with Crippen molar-refractivity contribution in [3.63, 3.8) is 0 Å². The van der Waals surface area contributed by atoms with E-state index in [2.05, 4.69) is 40.4 Å². The molecule has 226 valence electrons. The van der Waals surface area contributed by atoms with Crippen molar-refractivity contribution in [2.75, 3.05) is 6.61 Å². The van der Waals surface area contributed by atoms with Gasteiger partial charge in [-0.3, -0.25) is 9.69 Å². The predicted octanol–water partition coefficient (Wildman–Crippen LogP) is 7.10. The van der Waals surface area contributed by atoms with E-state index in [1.807, 2.05) is 13.8 Å². The number of phosphoric acid groups is 1. The van der Waals surface area contributed by atoms with Gasteiger partial charge in [-0.25, -0.2) is 4.79 Å². The fourth-order valence-corrected chi connectivity index (χ4v) is 7.73. The summed E-state index contributed by atoms with van der Waals surface area (Å²) in [5.41, 5.74) is -0.122. The van der Waals surface area contributed by atoms with Gasteiger partial charge in [-0.2, -0.15) is 4.57 Å². The molecule has 2 aromatic carbocycles. The monoisotopic (exact) mass is 613 g/mol. The number of benzene rings is 2. The SMILES string of the molecule is C=CCOC(=O)C1=C(OP(=O)(Oc2ccccc2)Oc2ccccc2)[C@H](C)[C@@H]2[C@@H]([C@@H](C)O[Si](C)(C)C(C)(C)C)C(=O)N12. The number of nitrogens with zero attached hydrogens (tertiary/aromatic N) is 1. The number of hydrogen-bond donors (Lipinski definition) is 0. The Hall–Kier alpha value is -3.33. The predicted molar refractivity (Wildman–Crippen MR) is 162 cm³/mol. The van der Waals surface area contributed by atoms with E-state index in [1.54, 1.807) is 60.7 Å². The molecule has 0 saturated carbocycles. The number of carbonyl (C=O) groups excluding carboxylic acids is 2. The van der Waals surface area contributed by atoms with Crippen molar-refractivity contribution in [2.45, 2.75) is 64.9 Å². The molecule has 0 spiro atoms. The highest BCUT2D eigenvalue weighted by atomic mass is 31.2. The molecule has 0 N–H and O–H groups in total. The molecule has 4 rings (SSSR count). The topological polar surface area (TPSA) is 101 Å². The lowest BCUT2D eigenvalue weighted by atomic mass is 9.79. The normalized spacial score (nSPS) is 21.3. The fourth-order valence-electron chi connectivity index (χ4n) is 4.93. The van der Waals surface area contributed by atoms with Crippen molar-refractivity contribution in [3.05, 3.63) is 84.8 Å². The number of β-lactam (4-membered cyclic amide) rings is 1. The summed E-state index contributed by atoms with van der Waals surface area (Å²) in [6.45, 7) is 17.9. The summed E-state index contributed by atoms with van der Waals surface area (Å²) < 4.78 is 43.9. The quantitative estimate of drug-likeness (QED) is 0.0822. The standard InChI is InChI=1S/C31H40NO8PSi/c1-9-20-36-30(34)27-28(21(2)26-25(29(33)32(26)27)22(3)40-42(7,8)31(4,5)6)39-41(35,37-23-16-12-10-13-17-23)38-24-18-14-11-15-19-24/h9-19,21-22,25-26H,1,20H2,2-8H3/t21-,22-,25-,26-/m1/s1. The zero-order chi connectivity index (χ0) is 30.9. The summed E-state index contributed by atoms with van der Waals surface area (Å²) in [5.74, 6) is -1.68. The Morgan fingerprint density at radius 3 is 2.02 bits per heavy atom. The molecule has 11 heteroatoms. The Kier molecular flexibility index (Phi) is 9.11. The molecule has 0 aliphatic carbocycles. The summed E-state index contributed by atoms with van der Waals surface area (Å²) in [5, 5.41) is -0.0581. The van der Waals surface area contributed by atoms with E-state index in [-0.39, 0.29) is 40.5 Å². The Morgan fingerprint density at radius 2 is 1.55 bits per heavy atom. The van der Waals surface area contributed by atoms with Gasteiger partial charge in [-0.05, 0) is 49.3 Å². The van der Waals surface area contributed by atoms with Gasteiger partial charge in [0.1, 0.15) is 23.9 Å². The summed E-state index contributed by atoms with van der Waals surface area (Å²) in [6, 6.07) is 16.4. The van der Waals surface area contributed by atoms with E-state index in [4.69, 9.17) is 22.7 Å². The molecule has 2 aromatic rings. The van der Waals surface area contributed by atoms with Gasteiger partial charge in [0.15, 0.2) is 14.0 Å². The van der Waals surface area contributed by atoms with Gasteiger partial charge in [-0.1, -0.05) is 76.7 Å². The largest absolute Gasteiger partial charge is 0.646 e. The molecule has 0 radical (unpaired) electrons. The van der Waals surface area contributed by atoms with Gasteiger partial charge >= 0.3 is 13.8 Å². The molecule has 4 atom stereocenters. The molecule has 1 fully saturated rings. The first-order valence-electron chi connectivity index (χ1n) is 14.0. The van der Waals surface area contributed by atoms with Crippen molar-refractivity contribution in [1.82, 2.24) is 4.90 Å². The lowest BCUT2D eigenvalue weighted by Gasteiger charge is -2.49. The number of esters is 1. The molecule has 42 heavy (non-hydrogen) atoms. The van der Waals surface area contributed by atoms with Crippen molar-refractivity contribution >= 4 is 28.0 Å². The van der Waals surface area contributed by atoms with E-state index in [0.29, 0.717) is 0 Å². The second kappa shape index (κ2) is 12.1. The molecule has 2 aliphatic rings. The second-order valence-electron chi connectivity index (χ2n) is 12.0. The number of carbonyl (C=O) groups is 2. The van der Waals surface area contributed by atoms with E-state index < -0.39 is 46.1 Å². The average molecular weight is 614 g/mol. The molecule has 2 aliphatic heterocycles. The number of fused-ring (bicyclic) bond motifs is 1. The number of phosphoric ester groups is 1. The fraction of sp³-hybridized carbons (Fsp3) is 0.419. The smallest absolute Gasteiger partial charge is 0.457 e. The maximum atomic E-state index is 14.3. The van der Waals surface area contributed by atoms with Gasteiger partial charge in [-0.15, -0.1) is 0 Å². The van der Waals surface area contributed by atoms with Crippen LogP contribution in [-0.4, -0.2) is 43.8 Å². The van der Waals surface area contributed by atoms with Gasteiger partial charge < -0.3 is 22.7 Å². The van der Waals surface area contributed by atoms with Crippen molar-refractivity contribution in [3.8, 4) is 11.5 Å². The molecule has 9 nitrogen and oxygen atoms in total. The molecule has 2 heterocycles. The molecular formula is C31H40NO8PSi. The maximum absolute atomic E-state index is 14.3. The number of para-hydroxylation sites is 2. The average Bonchev–Trinajstić information content (AvgIpc) is 3.14. The second-order valence-corrected chi connectivity index (χ2v) is 18.2. The van der Waals surface area contributed by atoms with Crippen molar-refractivity contribution < 1.29 is 36.9 Å². The number of hydrogen-bond acceptors (Lipinski definition) is 8. The van der Waals surface area contributed by atoms with Gasteiger partial charge in [0, 0.05) is 5.92 Å². The minimum atomic E-state index is -4.44. The summed E-state index contributed by atoms with van der Waals surface area (Å²) in [6.07, 6.45) is 1.01. The van der Waals surface area contributed by atoms with Crippen LogP contribution in [0.15, 0.2) is 84.8 Å². The minimum absolute atomic E-state index is 0.000339. The molecular weight excluding hydrogens is 573 g/mol. The van der Waals surface area contributed by atoms with E-state index in [1.165, 1.54) is 11.0 Å². The van der Waals surface area contributed by atoms with Crippen LogP contribution < -0.4 is 9.05 Å². The van der Waals surface area contributed by atoms with Crippen molar-refractivity contribution in [1.29, 1.82) is 0 Å². The number of amides is 1. The highest BCUT2D eigenvalue weighted by Crippen LogP contribution is 2.57. The highest BCUT2D eigenvalue weighted by molar-refractivity contribution is 7.49. The van der Waals surface area contributed by atoms with Crippen LogP contribution in [0.2, 0.25) is 18.1 Å². The number of rotatable bonds is 12. The highest BCUT2D eigenvalue weighted by Gasteiger charge is 2.63. The van der Waals surface area contributed by atoms with Crippen LogP contribution in [0.1, 0.15) is 34.6 Å². The van der Waals surface area contributed by atoms with Gasteiger partial charge in [0.25, 0.3) is 0 Å². The first-order chi connectivity index (χ1) is 19.7. The Bertz CT molecular complexity index is 1340. The van der Waals surface area contributed by atoms with Crippen LogP contribution in [-0.2, 0) is 27.8 Å². The van der Waals surface area contributed by atoms with Crippen LogP contribution in [0, 0.1) is 11.8 Å². The van der Waals surface area contributed by atoms with E-state index >= 15 is 0 Å². The third-order valence-corrected chi connectivity index (χ3v) is 13.9. The van der Waals surface area contributed by atoms with Crippen molar-refractivity contribution in [2.24, 2.45) is 11.8 Å². The molecule has 1 amide bonds. The third-order valence-electron chi connectivity index (χ3n) is 8.04.